The molecule has 1 aliphatic heterocycles. The third-order valence-corrected chi connectivity index (χ3v) is 4.17. The first-order valence-electron chi connectivity index (χ1n) is 7.96. The van der Waals surface area contributed by atoms with Crippen LogP contribution < -0.4 is 14.8 Å². The average molecular weight is 308 g/mol. The Morgan fingerprint density at radius 3 is 2.14 bits per heavy atom. The quantitative estimate of drug-likeness (QED) is 0.845. The first-order valence-corrected chi connectivity index (χ1v) is 7.96. The van der Waals surface area contributed by atoms with Crippen molar-refractivity contribution in [3.8, 4) is 17.2 Å². The number of benzene rings is 1. The molecule has 0 spiro atoms. The van der Waals surface area contributed by atoms with Crippen molar-refractivity contribution in [3.63, 3.8) is 0 Å². The fourth-order valence-corrected chi connectivity index (χ4v) is 3.04. The Kier molecular flexibility index (Phi) is 5.91. The highest BCUT2D eigenvalue weighted by atomic mass is 16.5. The molecule has 1 fully saturated rings. The number of phenols is 1. The van der Waals surface area contributed by atoms with Crippen LogP contribution >= 0.6 is 0 Å². The van der Waals surface area contributed by atoms with Crippen molar-refractivity contribution in [2.45, 2.75) is 26.3 Å². The monoisotopic (exact) mass is 308 g/mol. The third kappa shape index (κ3) is 3.84. The molecule has 0 unspecified atom stereocenters. The van der Waals surface area contributed by atoms with E-state index in [1.807, 2.05) is 12.1 Å². The molecule has 0 saturated carbocycles. The Labute approximate surface area is 133 Å². The summed E-state index contributed by atoms with van der Waals surface area (Å²) in [5.41, 5.74) is 1.14. The number of methoxy groups -OCH3 is 2. The molecule has 2 rings (SSSR count). The Morgan fingerprint density at radius 1 is 1.14 bits per heavy atom. The number of hydrogen-bond donors (Lipinski definition) is 2. The van der Waals surface area contributed by atoms with E-state index in [9.17, 15) is 5.11 Å². The molecule has 0 aromatic heterocycles. The molecule has 124 valence electrons. The standard InChI is InChI=1S/C17H28N2O3/c1-12(2)9-14(19-7-5-18-6-8-19)13-10-15(21-3)17(20)16(11-13)22-4/h10-12,14,18,20H,5-9H2,1-4H3/t14-/m1/s1. The molecule has 0 bridgehead atoms. The summed E-state index contributed by atoms with van der Waals surface area (Å²) in [6.07, 6.45) is 1.07. The summed E-state index contributed by atoms with van der Waals surface area (Å²) in [5, 5.41) is 13.5. The Hall–Kier alpha value is -1.46. The van der Waals surface area contributed by atoms with Gasteiger partial charge in [-0.15, -0.1) is 0 Å². The Balaban J connectivity index is 2.37. The highest BCUT2D eigenvalue weighted by molar-refractivity contribution is 5.53. The van der Waals surface area contributed by atoms with E-state index < -0.39 is 0 Å². The zero-order valence-corrected chi connectivity index (χ0v) is 14.1. The van der Waals surface area contributed by atoms with E-state index in [1.165, 1.54) is 0 Å². The highest BCUT2D eigenvalue weighted by Gasteiger charge is 2.25. The van der Waals surface area contributed by atoms with E-state index in [0.717, 1.165) is 38.2 Å². The zero-order chi connectivity index (χ0) is 16.1. The molecule has 0 amide bonds. The molecule has 1 aromatic rings. The largest absolute Gasteiger partial charge is 0.502 e. The minimum Gasteiger partial charge on any atom is -0.502 e. The van der Waals surface area contributed by atoms with Crippen LogP contribution in [0.5, 0.6) is 17.2 Å². The zero-order valence-electron chi connectivity index (χ0n) is 14.1. The summed E-state index contributed by atoms with van der Waals surface area (Å²) in [7, 11) is 3.14. The predicted octanol–water partition coefficient (Wildman–Crippen LogP) is 2.40. The molecule has 2 N–H and O–H groups in total. The summed E-state index contributed by atoms with van der Waals surface area (Å²) in [6, 6.07) is 4.19. The van der Waals surface area contributed by atoms with Crippen molar-refractivity contribution in [2.24, 2.45) is 5.92 Å². The molecule has 5 heteroatoms. The van der Waals surface area contributed by atoms with E-state index in [2.05, 4.69) is 24.1 Å². The topological polar surface area (TPSA) is 54.0 Å². The number of nitrogens with one attached hydrogen (secondary N) is 1. The summed E-state index contributed by atoms with van der Waals surface area (Å²) in [5.74, 6) is 1.60. The Morgan fingerprint density at radius 2 is 1.68 bits per heavy atom. The summed E-state index contributed by atoms with van der Waals surface area (Å²) in [6.45, 7) is 8.57. The normalized spacial score (nSPS) is 17.5. The summed E-state index contributed by atoms with van der Waals surface area (Å²) >= 11 is 0. The smallest absolute Gasteiger partial charge is 0.200 e. The molecular formula is C17H28N2O3. The first kappa shape index (κ1) is 16.9. The van der Waals surface area contributed by atoms with Crippen LogP contribution in [0.25, 0.3) is 0 Å². The maximum atomic E-state index is 10.1. The van der Waals surface area contributed by atoms with Crippen molar-refractivity contribution in [1.29, 1.82) is 0 Å². The van der Waals surface area contributed by atoms with Gasteiger partial charge in [0.05, 0.1) is 14.2 Å². The lowest BCUT2D eigenvalue weighted by atomic mass is 9.94. The fourth-order valence-electron chi connectivity index (χ4n) is 3.04. The van der Waals surface area contributed by atoms with Gasteiger partial charge < -0.3 is 19.9 Å². The first-order chi connectivity index (χ1) is 10.6. The molecule has 5 nitrogen and oxygen atoms in total. The van der Waals surface area contributed by atoms with Gasteiger partial charge in [-0.25, -0.2) is 0 Å². The van der Waals surface area contributed by atoms with Crippen LogP contribution in [0.2, 0.25) is 0 Å². The number of rotatable bonds is 6. The van der Waals surface area contributed by atoms with Crippen molar-refractivity contribution in [1.82, 2.24) is 10.2 Å². The van der Waals surface area contributed by atoms with E-state index in [1.54, 1.807) is 14.2 Å². The van der Waals surface area contributed by atoms with E-state index in [0.29, 0.717) is 23.5 Å². The number of ether oxygens (including phenoxy) is 2. The van der Waals surface area contributed by atoms with Gasteiger partial charge in [-0.3, -0.25) is 4.90 Å². The van der Waals surface area contributed by atoms with Crippen LogP contribution in [0.15, 0.2) is 12.1 Å². The van der Waals surface area contributed by atoms with Crippen molar-refractivity contribution >= 4 is 0 Å². The van der Waals surface area contributed by atoms with Gasteiger partial charge in [0.15, 0.2) is 11.5 Å². The molecule has 0 aliphatic carbocycles. The second kappa shape index (κ2) is 7.70. The van der Waals surface area contributed by atoms with Gasteiger partial charge in [0.1, 0.15) is 0 Å². The van der Waals surface area contributed by atoms with Crippen molar-refractivity contribution in [3.05, 3.63) is 17.7 Å². The molecular weight excluding hydrogens is 280 g/mol. The van der Waals surface area contributed by atoms with Gasteiger partial charge in [-0.2, -0.15) is 0 Å². The van der Waals surface area contributed by atoms with Gasteiger partial charge in [-0.05, 0) is 30.0 Å². The maximum Gasteiger partial charge on any atom is 0.200 e. The van der Waals surface area contributed by atoms with Crippen molar-refractivity contribution in [2.75, 3.05) is 40.4 Å². The predicted molar refractivity (Wildman–Crippen MR) is 87.8 cm³/mol. The number of hydrogen-bond acceptors (Lipinski definition) is 5. The molecule has 1 aromatic carbocycles. The van der Waals surface area contributed by atoms with Crippen LogP contribution in [0.3, 0.4) is 0 Å². The van der Waals surface area contributed by atoms with Crippen LogP contribution in [0.4, 0.5) is 0 Å². The Bertz CT molecular complexity index is 460. The van der Waals surface area contributed by atoms with Gasteiger partial charge in [0.25, 0.3) is 0 Å². The lowest BCUT2D eigenvalue weighted by Crippen LogP contribution is -2.45. The van der Waals surface area contributed by atoms with Crippen LogP contribution in [-0.2, 0) is 0 Å². The number of phenolic OH excluding ortho intramolecular Hbond substituents is 1. The third-order valence-electron chi connectivity index (χ3n) is 4.17. The van der Waals surface area contributed by atoms with Crippen LogP contribution in [0.1, 0.15) is 31.9 Å². The SMILES string of the molecule is COc1cc([C@@H](CC(C)C)N2CCNCC2)cc(OC)c1O. The van der Waals surface area contributed by atoms with Crippen molar-refractivity contribution < 1.29 is 14.6 Å². The van der Waals surface area contributed by atoms with Crippen LogP contribution in [0, 0.1) is 5.92 Å². The molecule has 1 atom stereocenters. The number of nitrogens with zero attached hydrogens (tertiary/aromatic N) is 1. The summed E-state index contributed by atoms with van der Waals surface area (Å²) in [4.78, 5) is 2.50. The lowest BCUT2D eigenvalue weighted by Gasteiger charge is -2.36. The molecule has 0 radical (unpaired) electrons. The molecule has 1 aliphatic rings. The fraction of sp³-hybridized carbons (Fsp3) is 0.647. The minimum absolute atomic E-state index is 0.0670. The minimum atomic E-state index is 0.0670. The van der Waals surface area contributed by atoms with Crippen LogP contribution in [-0.4, -0.2) is 50.4 Å². The van der Waals surface area contributed by atoms with Gasteiger partial charge >= 0.3 is 0 Å². The summed E-state index contributed by atoms with van der Waals surface area (Å²) < 4.78 is 10.6. The van der Waals surface area contributed by atoms with E-state index >= 15 is 0 Å². The van der Waals surface area contributed by atoms with Gasteiger partial charge in [-0.1, -0.05) is 13.8 Å². The lowest BCUT2D eigenvalue weighted by molar-refractivity contribution is 0.153. The van der Waals surface area contributed by atoms with E-state index in [-0.39, 0.29) is 5.75 Å². The highest BCUT2D eigenvalue weighted by Crippen LogP contribution is 2.41. The molecule has 1 saturated heterocycles. The second-order valence-electron chi connectivity index (χ2n) is 6.21. The molecule has 22 heavy (non-hydrogen) atoms. The van der Waals surface area contributed by atoms with Gasteiger partial charge in [0, 0.05) is 32.2 Å². The van der Waals surface area contributed by atoms with E-state index in [4.69, 9.17) is 9.47 Å². The maximum absolute atomic E-state index is 10.1. The number of aromatic hydroxyl groups is 1. The van der Waals surface area contributed by atoms with Gasteiger partial charge in [0.2, 0.25) is 5.75 Å². The number of piperazine rings is 1. The molecule has 1 heterocycles. The second-order valence-corrected chi connectivity index (χ2v) is 6.21. The average Bonchev–Trinajstić information content (AvgIpc) is 2.53.